The predicted molar refractivity (Wildman–Crippen MR) is 78.9 cm³/mol. The molecule has 20 heavy (non-hydrogen) atoms. The van der Waals surface area contributed by atoms with E-state index < -0.39 is 0 Å². The number of methoxy groups -OCH3 is 1. The van der Waals surface area contributed by atoms with Crippen LogP contribution in [-0.4, -0.2) is 25.7 Å². The zero-order valence-electron chi connectivity index (χ0n) is 12.4. The second-order valence-electron chi connectivity index (χ2n) is 5.32. The second kappa shape index (κ2) is 6.09. The first-order chi connectivity index (χ1) is 9.51. The molecular weight excluding hydrogens is 254 g/mol. The van der Waals surface area contributed by atoms with Gasteiger partial charge in [0.15, 0.2) is 0 Å². The molecule has 1 aromatic carbocycles. The van der Waals surface area contributed by atoms with Crippen LogP contribution in [0.3, 0.4) is 0 Å². The number of benzene rings is 1. The van der Waals surface area contributed by atoms with Gasteiger partial charge in [-0.1, -0.05) is 6.07 Å². The molecule has 0 saturated heterocycles. The van der Waals surface area contributed by atoms with Gasteiger partial charge in [0.2, 0.25) is 5.91 Å². The molecule has 1 unspecified atom stereocenters. The molecule has 0 saturated carbocycles. The maximum atomic E-state index is 12.0. The normalized spacial score (nSPS) is 12.6. The molecule has 2 rings (SSSR count). The molecule has 0 fully saturated rings. The van der Waals surface area contributed by atoms with Crippen LogP contribution in [0.4, 0.5) is 0 Å². The van der Waals surface area contributed by atoms with Crippen LogP contribution in [0.5, 0.6) is 0 Å². The van der Waals surface area contributed by atoms with Gasteiger partial charge in [0, 0.05) is 24.1 Å². The van der Waals surface area contributed by atoms with Crippen LogP contribution < -0.4 is 5.32 Å². The van der Waals surface area contributed by atoms with Crippen molar-refractivity contribution in [2.24, 2.45) is 0 Å². The van der Waals surface area contributed by atoms with Gasteiger partial charge in [-0.15, -0.1) is 0 Å². The van der Waals surface area contributed by atoms with E-state index in [1.807, 2.05) is 26.8 Å². The van der Waals surface area contributed by atoms with Gasteiger partial charge in [0.25, 0.3) is 0 Å². The summed E-state index contributed by atoms with van der Waals surface area (Å²) in [4.78, 5) is 12.0. The molecule has 108 valence electrons. The van der Waals surface area contributed by atoms with E-state index in [4.69, 9.17) is 9.15 Å². The van der Waals surface area contributed by atoms with Crippen molar-refractivity contribution in [3.63, 3.8) is 0 Å². The summed E-state index contributed by atoms with van der Waals surface area (Å²) in [6.45, 7) is 6.51. The summed E-state index contributed by atoms with van der Waals surface area (Å²) >= 11 is 0. The minimum Gasteiger partial charge on any atom is -0.464 e. The molecule has 1 heterocycles. The quantitative estimate of drug-likeness (QED) is 0.913. The lowest BCUT2D eigenvalue weighted by Crippen LogP contribution is -2.36. The average Bonchev–Trinajstić information content (AvgIpc) is 2.72. The number of furan rings is 1. The van der Waals surface area contributed by atoms with Crippen LogP contribution >= 0.6 is 0 Å². The van der Waals surface area contributed by atoms with Crippen LogP contribution in [0.15, 0.2) is 22.8 Å². The minimum atomic E-state index is -0.0165. The number of hydrogen-bond acceptors (Lipinski definition) is 3. The Balaban J connectivity index is 2.16. The zero-order chi connectivity index (χ0) is 14.7. The van der Waals surface area contributed by atoms with Gasteiger partial charge >= 0.3 is 0 Å². The fourth-order valence-corrected chi connectivity index (χ4v) is 2.55. The summed E-state index contributed by atoms with van der Waals surface area (Å²) in [7, 11) is 1.62. The number of aryl methyl sites for hydroxylation is 2. The Hall–Kier alpha value is -1.81. The summed E-state index contributed by atoms with van der Waals surface area (Å²) < 4.78 is 10.6. The Morgan fingerprint density at radius 2 is 2.15 bits per heavy atom. The standard InChI is InChI=1S/C16H21NO3/c1-10-5-11(2)16-13(9-20-14(16)6-10)7-15(18)17-12(3)8-19-4/h5-6,9,12H,7-8H2,1-4H3,(H,17,18). The van der Waals surface area contributed by atoms with Crippen LogP contribution in [0, 0.1) is 13.8 Å². The number of ether oxygens (including phenoxy) is 1. The van der Waals surface area contributed by atoms with E-state index >= 15 is 0 Å². The van der Waals surface area contributed by atoms with Gasteiger partial charge in [0.1, 0.15) is 5.58 Å². The topological polar surface area (TPSA) is 51.5 Å². The highest BCUT2D eigenvalue weighted by Gasteiger charge is 2.14. The number of amides is 1. The number of nitrogens with one attached hydrogen (secondary N) is 1. The Labute approximate surface area is 119 Å². The summed E-state index contributed by atoms with van der Waals surface area (Å²) in [6.07, 6.45) is 2.00. The van der Waals surface area contributed by atoms with Crippen LogP contribution in [0.1, 0.15) is 23.6 Å². The maximum Gasteiger partial charge on any atom is 0.224 e. The van der Waals surface area contributed by atoms with E-state index in [1.165, 1.54) is 0 Å². The van der Waals surface area contributed by atoms with Crippen molar-refractivity contribution in [3.05, 3.63) is 35.1 Å². The largest absolute Gasteiger partial charge is 0.464 e. The third kappa shape index (κ3) is 3.20. The summed E-state index contributed by atoms with van der Waals surface area (Å²) in [5, 5.41) is 3.96. The first kappa shape index (κ1) is 14.6. The van der Waals surface area contributed by atoms with E-state index in [9.17, 15) is 4.79 Å². The molecule has 0 aliphatic rings. The third-order valence-corrected chi connectivity index (χ3v) is 3.27. The van der Waals surface area contributed by atoms with E-state index in [1.54, 1.807) is 13.4 Å². The van der Waals surface area contributed by atoms with E-state index in [0.717, 1.165) is 27.7 Å². The fraction of sp³-hybridized carbons (Fsp3) is 0.438. The van der Waals surface area contributed by atoms with Crippen LogP contribution in [0.25, 0.3) is 11.0 Å². The molecule has 1 amide bonds. The highest BCUT2D eigenvalue weighted by Crippen LogP contribution is 2.26. The Kier molecular flexibility index (Phi) is 4.45. The van der Waals surface area contributed by atoms with Gasteiger partial charge in [-0.2, -0.15) is 0 Å². The van der Waals surface area contributed by atoms with Crippen molar-refractivity contribution in [3.8, 4) is 0 Å². The lowest BCUT2D eigenvalue weighted by Gasteiger charge is -2.12. The molecule has 0 spiro atoms. The molecule has 4 nitrogen and oxygen atoms in total. The van der Waals surface area contributed by atoms with Crippen LogP contribution in [-0.2, 0) is 16.0 Å². The molecule has 2 aromatic rings. The fourth-order valence-electron chi connectivity index (χ4n) is 2.55. The van der Waals surface area contributed by atoms with E-state index in [2.05, 4.69) is 11.4 Å². The van der Waals surface area contributed by atoms with Crippen molar-refractivity contribution in [1.29, 1.82) is 0 Å². The number of carbonyl (C=O) groups excluding carboxylic acids is 1. The zero-order valence-corrected chi connectivity index (χ0v) is 12.4. The Morgan fingerprint density at radius 1 is 1.40 bits per heavy atom. The first-order valence-corrected chi connectivity index (χ1v) is 6.77. The van der Waals surface area contributed by atoms with Gasteiger partial charge in [-0.3, -0.25) is 4.79 Å². The molecule has 0 bridgehead atoms. The van der Waals surface area contributed by atoms with Gasteiger partial charge in [-0.05, 0) is 38.0 Å². The Bertz CT molecular complexity index is 615. The van der Waals surface area contributed by atoms with Crippen molar-refractivity contribution >= 4 is 16.9 Å². The molecule has 1 N–H and O–H groups in total. The molecule has 4 heteroatoms. The average molecular weight is 275 g/mol. The monoisotopic (exact) mass is 275 g/mol. The summed E-state index contributed by atoms with van der Waals surface area (Å²) in [5.74, 6) is -0.0165. The lowest BCUT2D eigenvalue weighted by atomic mass is 10.0. The molecule has 0 aliphatic heterocycles. The highest BCUT2D eigenvalue weighted by atomic mass is 16.5. The van der Waals surface area contributed by atoms with E-state index in [-0.39, 0.29) is 11.9 Å². The number of rotatable bonds is 5. The predicted octanol–water partition coefficient (Wildman–Crippen LogP) is 2.74. The number of fused-ring (bicyclic) bond motifs is 1. The Morgan fingerprint density at radius 3 is 2.85 bits per heavy atom. The number of hydrogen-bond donors (Lipinski definition) is 1. The van der Waals surface area contributed by atoms with Crippen molar-refractivity contribution in [1.82, 2.24) is 5.32 Å². The third-order valence-electron chi connectivity index (χ3n) is 3.27. The highest BCUT2D eigenvalue weighted by molar-refractivity contribution is 5.90. The van der Waals surface area contributed by atoms with Crippen molar-refractivity contribution in [2.75, 3.05) is 13.7 Å². The maximum absolute atomic E-state index is 12.0. The van der Waals surface area contributed by atoms with Gasteiger partial charge < -0.3 is 14.5 Å². The van der Waals surface area contributed by atoms with E-state index in [0.29, 0.717) is 13.0 Å². The van der Waals surface area contributed by atoms with Crippen molar-refractivity contribution in [2.45, 2.75) is 33.2 Å². The first-order valence-electron chi connectivity index (χ1n) is 6.77. The molecule has 1 atom stereocenters. The molecular formula is C16H21NO3. The minimum absolute atomic E-state index is 0.00834. The van der Waals surface area contributed by atoms with Crippen LogP contribution in [0.2, 0.25) is 0 Å². The van der Waals surface area contributed by atoms with Crippen molar-refractivity contribution < 1.29 is 13.9 Å². The SMILES string of the molecule is COCC(C)NC(=O)Cc1coc2cc(C)cc(C)c12. The summed E-state index contributed by atoms with van der Waals surface area (Å²) in [5.41, 5.74) is 4.07. The molecule has 0 aliphatic carbocycles. The van der Waals surface area contributed by atoms with Gasteiger partial charge in [0.05, 0.1) is 19.3 Å². The smallest absolute Gasteiger partial charge is 0.224 e. The summed E-state index contributed by atoms with van der Waals surface area (Å²) in [6, 6.07) is 4.11. The molecule has 1 aromatic heterocycles. The molecule has 0 radical (unpaired) electrons. The lowest BCUT2D eigenvalue weighted by molar-refractivity contribution is -0.121. The van der Waals surface area contributed by atoms with Gasteiger partial charge in [-0.25, -0.2) is 0 Å². The second-order valence-corrected chi connectivity index (χ2v) is 5.32. The number of carbonyl (C=O) groups is 1.